The Hall–Kier alpha value is -1.71. The fourth-order valence-electron chi connectivity index (χ4n) is 3.49. The highest BCUT2D eigenvalue weighted by molar-refractivity contribution is 5.88. The van der Waals surface area contributed by atoms with Gasteiger partial charge in [-0.3, -0.25) is 0 Å². The third-order valence-electron chi connectivity index (χ3n) is 4.13. The molecule has 1 aromatic carbocycles. The van der Waals surface area contributed by atoms with Gasteiger partial charge in [0.15, 0.2) is 0 Å². The van der Waals surface area contributed by atoms with E-state index in [1.807, 2.05) is 30.3 Å². The molecule has 0 aliphatic carbocycles. The number of quaternary nitrogens is 1. The molecule has 5 heteroatoms. The van der Waals surface area contributed by atoms with E-state index in [-0.39, 0.29) is 5.91 Å². The molecule has 1 aromatic rings. The molecular weight excluding hydrogens is 252 g/mol. The highest BCUT2D eigenvalue weighted by Crippen LogP contribution is 2.28. The zero-order valence-corrected chi connectivity index (χ0v) is 11.3. The summed E-state index contributed by atoms with van der Waals surface area (Å²) in [5, 5.41) is 0. The van der Waals surface area contributed by atoms with Crippen molar-refractivity contribution in [1.82, 2.24) is 14.7 Å². The van der Waals surface area contributed by atoms with Crippen LogP contribution in [0.1, 0.15) is 5.56 Å². The van der Waals surface area contributed by atoms with E-state index < -0.39 is 0 Å². The molecule has 0 radical (unpaired) electrons. The van der Waals surface area contributed by atoms with Crippen molar-refractivity contribution in [2.75, 3.05) is 40.0 Å². The van der Waals surface area contributed by atoms with E-state index in [0.717, 1.165) is 45.6 Å². The van der Waals surface area contributed by atoms with Crippen LogP contribution in [0.15, 0.2) is 30.3 Å². The molecule has 4 heterocycles. The van der Waals surface area contributed by atoms with Crippen LogP contribution in [0.25, 0.3) is 0 Å². The normalized spacial score (nSPS) is 37.3. The van der Waals surface area contributed by atoms with Gasteiger partial charge in [-0.25, -0.2) is 24.0 Å². The maximum atomic E-state index is 12.6. The summed E-state index contributed by atoms with van der Waals surface area (Å²) in [6.45, 7) is 5.35. The topological polar surface area (TPSA) is 26.8 Å². The average molecular weight is 269 g/mol. The second-order valence-corrected chi connectivity index (χ2v) is 5.93. The Bertz CT molecular complexity index is 566. The van der Waals surface area contributed by atoms with E-state index in [1.165, 1.54) is 0 Å². The number of carbonyl (C=O) groups is 1. The lowest BCUT2D eigenvalue weighted by atomic mass is 10.2. The Kier molecular flexibility index (Phi) is 2.65. The van der Waals surface area contributed by atoms with Crippen LogP contribution in [0.5, 0.6) is 0 Å². The number of hydrogen-bond acceptors (Lipinski definition) is 4. The molecule has 5 rings (SSSR count). The molecule has 0 unspecified atom stereocenters. The maximum absolute atomic E-state index is 12.6. The second-order valence-electron chi connectivity index (χ2n) is 5.93. The fraction of sp³-hybridized carbons (Fsp3) is 0.400. The summed E-state index contributed by atoms with van der Waals surface area (Å²) in [6.07, 6.45) is 0. The minimum atomic E-state index is 0.0351. The Morgan fingerprint density at radius 1 is 0.950 bits per heavy atom. The van der Waals surface area contributed by atoms with E-state index in [1.54, 1.807) is 0 Å². The smallest absolute Gasteiger partial charge is 0.229 e. The Morgan fingerprint density at radius 3 is 2.05 bits per heavy atom. The standard InChI is InChI=1S/C15H17N4O/c20-15(7-6-14-4-2-1-3-5-14)19-11-16-8-17(12-19)10-18(9-16)13-19/h1-5H,8-13H2/q+1. The first kappa shape index (κ1) is 12.1. The highest BCUT2D eigenvalue weighted by Gasteiger charge is 2.52. The predicted molar refractivity (Wildman–Crippen MR) is 73.3 cm³/mol. The van der Waals surface area contributed by atoms with Crippen LogP contribution >= 0.6 is 0 Å². The van der Waals surface area contributed by atoms with Crippen molar-refractivity contribution in [2.45, 2.75) is 0 Å². The predicted octanol–water partition coefficient (Wildman–Crippen LogP) is 0.0733. The summed E-state index contributed by atoms with van der Waals surface area (Å²) in [4.78, 5) is 19.5. The van der Waals surface area contributed by atoms with Crippen molar-refractivity contribution in [1.29, 1.82) is 0 Å². The molecule has 102 valence electrons. The number of benzene rings is 1. The van der Waals surface area contributed by atoms with E-state index in [4.69, 9.17) is 0 Å². The van der Waals surface area contributed by atoms with Gasteiger partial charge in [0.25, 0.3) is 0 Å². The van der Waals surface area contributed by atoms with Gasteiger partial charge in [-0.05, 0) is 12.1 Å². The van der Waals surface area contributed by atoms with E-state index in [0.29, 0.717) is 4.48 Å². The van der Waals surface area contributed by atoms with Gasteiger partial charge in [0.05, 0.1) is 20.0 Å². The minimum absolute atomic E-state index is 0.0351. The van der Waals surface area contributed by atoms with Crippen LogP contribution in [-0.4, -0.2) is 65.1 Å². The summed E-state index contributed by atoms with van der Waals surface area (Å²) in [5.74, 6) is 5.89. The fourth-order valence-corrected chi connectivity index (χ4v) is 3.49. The SMILES string of the molecule is O=C(C#Cc1ccccc1)[N+]12CN3CN(CN(C3)C1)C2. The van der Waals surface area contributed by atoms with Gasteiger partial charge in [-0.2, -0.15) is 0 Å². The summed E-state index contributed by atoms with van der Waals surface area (Å²) in [5.41, 5.74) is 0.899. The number of carbonyl (C=O) groups excluding carboxylic acids is 1. The third-order valence-corrected chi connectivity index (χ3v) is 4.13. The molecule has 5 nitrogen and oxygen atoms in total. The molecule has 4 aliphatic rings. The van der Waals surface area contributed by atoms with E-state index in [2.05, 4.69) is 26.5 Å². The molecule has 0 N–H and O–H groups in total. The first-order valence-corrected chi connectivity index (χ1v) is 6.88. The lowest BCUT2D eigenvalue weighted by Gasteiger charge is -2.58. The lowest BCUT2D eigenvalue weighted by molar-refractivity contribution is -0.912. The first-order chi connectivity index (χ1) is 9.73. The molecule has 1 amide bonds. The van der Waals surface area contributed by atoms with Gasteiger partial charge in [-0.15, -0.1) is 0 Å². The summed E-state index contributed by atoms with van der Waals surface area (Å²) >= 11 is 0. The molecule has 0 saturated carbocycles. The molecule has 4 saturated heterocycles. The van der Waals surface area contributed by atoms with Crippen LogP contribution in [0.4, 0.5) is 0 Å². The van der Waals surface area contributed by atoms with Gasteiger partial charge in [0.2, 0.25) is 0 Å². The Morgan fingerprint density at radius 2 is 1.50 bits per heavy atom. The van der Waals surface area contributed by atoms with Crippen LogP contribution in [-0.2, 0) is 4.79 Å². The molecule has 4 fully saturated rings. The molecule has 4 bridgehead atoms. The largest absolute Gasteiger partial charge is 0.395 e. The second kappa shape index (κ2) is 4.40. The van der Waals surface area contributed by atoms with Crippen LogP contribution in [0, 0.1) is 11.8 Å². The molecule has 0 spiro atoms. The quantitative estimate of drug-likeness (QED) is 0.492. The molecule has 0 atom stereocenters. The van der Waals surface area contributed by atoms with Crippen LogP contribution in [0.3, 0.4) is 0 Å². The van der Waals surface area contributed by atoms with Crippen molar-refractivity contribution >= 4 is 5.91 Å². The van der Waals surface area contributed by atoms with Crippen molar-refractivity contribution in [3.05, 3.63) is 35.9 Å². The van der Waals surface area contributed by atoms with E-state index in [9.17, 15) is 4.79 Å². The monoisotopic (exact) mass is 269 g/mol. The first-order valence-electron chi connectivity index (χ1n) is 6.88. The molecule has 20 heavy (non-hydrogen) atoms. The number of nitrogens with zero attached hydrogens (tertiary/aromatic N) is 4. The van der Waals surface area contributed by atoms with Crippen LogP contribution in [0.2, 0.25) is 0 Å². The van der Waals surface area contributed by atoms with Gasteiger partial charge < -0.3 is 0 Å². The third kappa shape index (κ3) is 1.94. The van der Waals surface area contributed by atoms with Gasteiger partial charge in [-0.1, -0.05) is 24.1 Å². The molecule has 0 aromatic heterocycles. The number of hydrogen-bond donors (Lipinski definition) is 0. The summed E-state index contributed by atoms with van der Waals surface area (Å²) in [6, 6.07) is 9.71. The van der Waals surface area contributed by atoms with Crippen LogP contribution < -0.4 is 0 Å². The minimum Gasteiger partial charge on any atom is -0.229 e. The lowest BCUT2D eigenvalue weighted by Crippen LogP contribution is -2.80. The highest BCUT2D eigenvalue weighted by atomic mass is 16.2. The van der Waals surface area contributed by atoms with Gasteiger partial charge >= 0.3 is 5.91 Å². The zero-order chi connectivity index (χ0) is 13.6. The summed E-state index contributed by atoms with van der Waals surface area (Å²) < 4.78 is 0.444. The Labute approximate surface area is 118 Å². The van der Waals surface area contributed by atoms with Crippen molar-refractivity contribution in [3.8, 4) is 11.8 Å². The molecular formula is C15H17N4O+. The Balaban J connectivity index is 1.58. The van der Waals surface area contributed by atoms with E-state index >= 15 is 0 Å². The summed E-state index contributed by atoms with van der Waals surface area (Å²) in [7, 11) is 0. The van der Waals surface area contributed by atoms with Crippen molar-refractivity contribution < 1.29 is 9.28 Å². The average Bonchev–Trinajstić information content (AvgIpc) is 2.44. The number of rotatable bonds is 0. The maximum Gasteiger partial charge on any atom is 0.395 e. The van der Waals surface area contributed by atoms with Crippen molar-refractivity contribution in [2.24, 2.45) is 0 Å². The van der Waals surface area contributed by atoms with Gasteiger partial charge in [0, 0.05) is 11.5 Å². The zero-order valence-electron chi connectivity index (χ0n) is 11.3. The molecule has 4 aliphatic heterocycles. The number of amides is 1. The van der Waals surface area contributed by atoms with Gasteiger partial charge in [0.1, 0.15) is 20.0 Å². The van der Waals surface area contributed by atoms with Crippen molar-refractivity contribution in [3.63, 3.8) is 0 Å².